The van der Waals surface area contributed by atoms with Gasteiger partial charge in [0.25, 0.3) is 5.91 Å². The number of nitrogens with zero attached hydrogens (tertiary/aromatic N) is 2. The molecule has 1 saturated heterocycles. The monoisotopic (exact) mass is 838 g/mol. The molecule has 3 fully saturated rings. The van der Waals surface area contributed by atoms with E-state index in [2.05, 4.69) is 32.2 Å². The fourth-order valence-corrected chi connectivity index (χ4v) is 8.63. The van der Waals surface area contributed by atoms with Crippen LogP contribution in [0.15, 0.2) is 43.1 Å². The lowest BCUT2D eigenvalue weighted by Gasteiger charge is -2.36. The van der Waals surface area contributed by atoms with E-state index >= 15 is 0 Å². The van der Waals surface area contributed by atoms with Crippen molar-refractivity contribution >= 4 is 56.6 Å². The van der Waals surface area contributed by atoms with Crippen molar-refractivity contribution in [2.75, 3.05) is 26.9 Å². The molecule has 59 heavy (non-hydrogen) atoms. The quantitative estimate of drug-likeness (QED) is 0.282. The second-order valence-electron chi connectivity index (χ2n) is 17.5. The Morgan fingerprint density at radius 3 is 2.47 bits per heavy atom. The van der Waals surface area contributed by atoms with Crippen molar-refractivity contribution in [2.24, 2.45) is 11.3 Å². The normalized spacial score (nSPS) is 27.0. The maximum Gasteiger partial charge on any atom is 0.408 e. The van der Waals surface area contributed by atoms with Crippen LogP contribution in [0.2, 0.25) is 0 Å². The number of carbonyl (C=O) groups excluding carboxylic acids is 5. The summed E-state index contributed by atoms with van der Waals surface area (Å²) in [5.41, 5.74) is -2.77. The van der Waals surface area contributed by atoms with Crippen molar-refractivity contribution in [2.45, 2.75) is 108 Å². The third kappa shape index (κ3) is 9.81. The van der Waals surface area contributed by atoms with E-state index < -0.39 is 91.7 Å². The molecule has 4 aliphatic rings. The topological polar surface area (TPSA) is 221 Å². The number of nitrogens with one attached hydrogen (secondary N) is 4. The molecule has 3 heterocycles. The molecule has 1 aromatic heterocycles. The molecule has 2 aromatic rings. The van der Waals surface area contributed by atoms with Gasteiger partial charge in [0, 0.05) is 29.5 Å². The summed E-state index contributed by atoms with van der Waals surface area (Å²) in [4.78, 5) is 75.7. The Morgan fingerprint density at radius 1 is 1.12 bits per heavy atom. The van der Waals surface area contributed by atoms with Crippen molar-refractivity contribution in [3.8, 4) is 11.6 Å². The highest BCUT2D eigenvalue weighted by Gasteiger charge is 2.62. The summed E-state index contributed by atoms with van der Waals surface area (Å²) in [6.07, 6.45) is 5.79. The third-order valence-corrected chi connectivity index (χ3v) is 12.5. The van der Waals surface area contributed by atoms with E-state index in [4.69, 9.17) is 18.9 Å². The molecule has 0 radical (unpaired) electrons. The Balaban J connectivity index is 1.38. The number of sulfonamides is 1. The number of carbonyl (C=O) groups is 5. The molecule has 1 aromatic carbocycles. The summed E-state index contributed by atoms with van der Waals surface area (Å²) in [5.74, 6) is -2.77. The number of benzene rings is 1. The Kier molecular flexibility index (Phi) is 12.1. The largest absolute Gasteiger partial charge is 0.496 e. The molecule has 4 N–H and O–H groups in total. The van der Waals surface area contributed by atoms with Crippen LogP contribution < -0.4 is 30.1 Å². The molecule has 6 atom stereocenters. The van der Waals surface area contributed by atoms with Gasteiger partial charge in [0.1, 0.15) is 41.1 Å². The van der Waals surface area contributed by atoms with Crippen LogP contribution in [0.25, 0.3) is 16.8 Å². The molecule has 2 saturated carbocycles. The van der Waals surface area contributed by atoms with Crippen LogP contribution in [-0.2, 0) is 38.7 Å². The summed E-state index contributed by atoms with van der Waals surface area (Å²) in [5, 5.41) is 8.84. The lowest BCUT2D eigenvalue weighted by atomic mass is 9.85. The predicted octanol–water partition coefficient (Wildman–Crippen LogP) is 2.73. The first-order valence-corrected chi connectivity index (χ1v) is 21.2. The van der Waals surface area contributed by atoms with Crippen LogP contribution in [0.4, 0.5) is 4.79 Å². The predicted molar refractivity (Wildman–Crippen MR) is 216 cm³/mol. The Morgan fingerprint density at radius 2 is 1.85 bits per heavy atom. The van der Waals surface area contributed by atoms with Gasteiger partial charge in [-0.1, -0.05) is 39.0 Å². The molecule has 17 nitrogen and oxygen atoms in total. The average Bonchev–Trinajstić information content (AvgIpc) is 4.08. The second-order valence-corrected chi connectivity index (χ2v) is 19.5. The minimum Gasteiger partial charge on any atom is -0.496 e. The van der Waals surface area contributed by atoms with Crippen LogP contribution in [0.1, 0.15) is 72.8 Å². The SMILES string of the molecule is C=C[C@@H]1C[C@]1(NC(=O)[C@@H]1C[C@@H]2CN1C(=O)[C@H](C(C)(C)C)NC(=O)[C@@H](NC(=O)OC(C)(C)C)COC/C=C/c1cc3c(nccc3cc1OC)O2)C(=O)NS(=O)(=O)C1CC1. The number of fused-ring (bicyclic) bond motifs is 3. The molecule has 0 spiro atoms. The van der Waals surface area contributed by atoms with Gasteiger partial charge in [0.2, 0.25) is 33.6 Å². The molecular formula is C41H54N6O11S. The van der Waals surface area contributed by atoms with E-state index in [0.717, 1.165) is 5.39 Å². The van der Waals surface area contributed by atoms with E-state index in [1.807, 2.05) is 12.1 Å². The zero-order chi connectivity index (χ0) is 43.1. The fraction of sp³-hybridized carbons (Fsp3) is 0.561. The number of ether oxygens (including phenoxy) is 4. The lowest BCUT2D eigenvalue weighted by molar-refractivity contribution is -0.145. The summed E-state index contributed by atoms with van der Waals surface area (Å²) in [6, 6.07) is 1.65. The minimum atomic E-state index is -3.95. The Hall–Kier alpha value is -5.23. The Bertz CT molecular complexity index is 2160. The second kappa shape index (κ2) is 16.4. The van der Waals surface area contributed by atoms with Gasteiger partial charge in [0.15, 0.2) is 0 Å². The number of rotatable bonds is 8. The van der Waals surface area contributed by atoms with Gasteiger partial charge in [-0.15, -0.1) is 6.58 Å². The number of amides is 5. The number of aromatic nitrogens is 1. The summed E-state index contributed by atoms with van der Waals surface area (Å²) >= 11 is 0. The minimum absolute atomic E-state index is 0.0321. The van der Waals surface area contributed by atoms with E-state index in [1.54, 1.807) is 66.0 Å². The standard InChI is InChI=1S/C41H54N6O11S/c1-9-25-20-41(25,37(51)46-59(53,54)27-12-13-27)45-34(49)30-19-26-21-47(30)36(50)32(39(2,3)4)44-33(48)29(43-38(52)58-40(5,6)7)22-56-16-10-11-24-17-28-23(18-31(24)55-8)14-15-42-35(28)57-26/h9-11,14-15,17-18,25-27,29-30,32H,1,12-13,16,19-22H2,2-8H3,(H,43,52)(H,44,48)(H,45,49)(H,46,51)/b11-10+/t25-,26-,29+,30+,32-,41-/m1/s1. The van der Waals surface area contributed by atoms with Gasteiger partial charge in [-0.05, 0) is 69.0 Å². The summed E-state index contributed by atoms with van der Waals surface area (Å²) < 4.78 is 51.1. The summed E-state index contributed by atoms with van der Waals surface area (Å²) in [7, 11) is -2.41. The number of alkyl carbamates (subject to hydrolysis) is 1. The van der Waals surface area contributed by atoms with Crippen molar-refractivity contribution in [3.05, 3.63) is 48.7 Å². The van der Waals surface area contributed by atoms with Gasteiger partial charge in [-0.2, -0.15) is 0 Å². The highest BCUT2D eigenvalue weighted by molar-refractivity contribution is 7.91. The lowest BCUT2D eigenvalue weighted by Crippen LogP contribution is -2.62. The van der Waals surface area contributed by atoms with E-state index in [0.29, 0.717) is 29.5 Å². The number of hydrogen-bond acceptors (Lipinski definition) is 12. The molecule has 2 aliphatic carbocycles. The van der Waals surface area contributed by atoms with Crippen molar-refractivity contribution in [1.29, 1.82) is 0 Å². The number of pyridine rings is 1. The number of methoxy groups -OCH3 is 1. The molecule has 5 amide bonds. The van der Waals surface area contributed by atoms with E-state index in [-0.39, 0.29) is 38.5 Å². The van der Waals surface area contributed by atoms with Crippen LogP contribution >= 0.6 is 0 Å². The average molecular weight is 839 g/mol. The highest BCUT2D eigenvalue weighted by Crippen LogP contribution is 2.45. The first kappa shape index (κ1) is 43.4. The van der Waals surface area contributed by atoms with Crippen LogP contribution in [0.5, 0.6) is 11.6 Å². The van der Waals surface area contributed by atoms with Crippen molar-refractivity contribution in [3.63, 3.8) is 0 Å². The zero-order valence-corrected chi connectivity index (χ0v) is 35.3. The maximum absolute atomic E-state index is 14.8. The smallest absolute Gasteiger partial charge is 0.408 e. The molecule has 18 heteroatoms. The highest BCUT2D eigenvalue weighted by atomic mass is 32.2. The van der Waals surface area contributed by atoms with Gasteiger partial charge in [-0.3, -0.25) is 23.9 Å². The van der Waals surface area contributed by atoms with E-state index in [9.17, 15) is 32.4 Å². The molecule has 4 bridgehead atoms. The maximum atomic E-state index is 14.8. The summed E-state index contributed by atoms with van der Waals surface area (Å²) in [6.45, 7) is 13.6. The zero-order valence-electron chi connectivity index (χ0n) is 34.5. The first-order valence-electron chi connectivity index (χ1n) is 19.6. The van der Waals surface area contributed by atoms with Crippen molar-refractivity contribution in [1.82, 2.24) is 30.6 Å². The third-order valence-electron chi connectivity index (χ3n) is 10.7. The van der Waals surface area contributed by atoms with Gasteiger partial charge in [0.05, 0.1) is 32.1 Å². The van der Waals surface area contributed by atoms with Crippen LogP contribution in [0.3, 0.4) is 0 Å². The van der Waals surface area contributed by atoms with Crippen LogP contribution in [0, 0.1) is 11.3 Å². The van der Waals surface area contributed by atoms with E-state index in [1.165, 1.54) is 18.1 Å². The molecule has 320 valence electrons. The van der Waals surface area contributed by atoms with Crippen LogP contribution in [-0.4, -0.2) is 116 Å². The van der Waals surface area contributed by atoms with Crippen molar-refractivity contribution < 1.29 is 51.3 Å². The molecular weight excluding hydrogens is 785 g/mol. The van der Waals surface area contributed by atoms with Gasteiger partial charge < -0.3 is 39.8 Å². The fourth-order valence-electron chi connectivity index (χ4n) is 7.26. The molecule has 6 rings (SSSR count). The molecule has 0 unspecified atom stereocenters. The molecule has 2 aliphatic heterocycles. The first-order chi connectivity index (χ1) is 27.7. The van der Waals surface area contributed by atoms with Gasteiger partial charge in [-0.25, -0.2) is 18.2 Å². The van der Waals surface area contributed by atoms with Gasteiger partial charge >= 0.3 is 6.09 Å². The number of hydrogen-bond donors (Lipinski definition) is 4. The Labute approximate surface area is 344 Å².